The van der Waals surface area contributed by atoms with Gasteiger partial charge in [0, 0.05) is 40.1 Å². The lowest BCUT2D eigenvalue weighted by atomic mass is 9.69. The van der Waals surface area contributed by atoms with Gasteiger partial charge in [-0.15, -0.1) is 0 Å². The maximum atomic E-state index is 12.2. The van der Waals surface area contributed by atoms with Crippen LogP contribution in [0, 0.1) is 0 Å². The molecule has 5 aromatic rings. The van der Waals surface area contributed by atoms with Gasteiger partial charge < -0.3 is 19.5 Å². The molecule has 1 heterocycles. The van der Waals surface area contributed by atoms with Crippen LogP contribution in [0.1, 0.15) is 74.3 Å². The van der Waals surface area contributed by atoms with Crippen LogP contribution in [-0.2, 0) is 15.8 Å². The fraction of sp³-hybridized carbons (Fsp3) is 0.262. The molecular formula is C42H41NO4. The van der Waals surface area contributed by atoms with E-state index in [2.05, 4.69) is 92.0 Å². The molecule has 1 aliphatic carbocycles. The molecular weight excluding hydrogens is 582 g/mol. The van der Waals surface area contributed by atoms with Gasteiger partial charge >= 0.3 is 0 Å². The molecule has 2 aliphatic rings. The number of benzene rings is 5. The molecule has 7 rings (SSSR count). The maximum Gasteiger partial charge on any atom is 0.221 e. The molecule has 0 spiro atoms. The Labute approximate surface area is 277 Å². The van der Waals surface area contributed by atoms with E-state index in [4.69, 9.17) is 14.2 Å². The van der Waals surface area contributed by atoms with Crippen molar-refractivity contribution in [2.45, 2.75) is 57.5 Å². The van der Waals surface area contributed by atoms with Crippen molar-refractivity contribution < 1.29 is 19.0 Å². The Morgan fingerprint density at radius 2 is 1.40 bits per heavy atom. The summed E-state index contributed by atoms with van der Waals surface area (Å²) >= 11 is 0. The van der Waals surface area contributed by atoms with Gasteiger partial charge in [0.05, 0.1) is 14.2 Å². The number of carbonyl (C=O) groups excluding carboxylic acids is 1. The van der Waals surface area contributed by atoms with Crippen LogP contribution < -0.4 is 19.5 Å². The molecule has 0 bridgehead atoms. The third-order valence-corrected chi connectivity index (χ3v) is 9.95. The number of fused-ring (bicyclic) bond motifs is 8. The zero-order chi connectivity index (χ0) is 32.8. The predicted molar refractivity (Wildman–Crippen MR) is 191 cm³/mol. The van der Waals surface area contributed by atoms with Crippen LogP contribution in [0.5, 0.6) is 17.2 Å². The highest BCUT2D eigenvalue weighted by Crippen LogP contribution is 2.61. The van der Waals surface area contributed by atoms with Gasteiger partial charge in [-0.25, -0.2) is 0 Å². The van der Waals surface area contributed by atoms with E-state index in [1.54, 1.807) is 21.1 Å². The number of amides is 1. The minimum Gasteiger partial charge on any atom is -0.497 e. The van der Waals surface area contributed by atoms with Gasteiger partial charge in [-0.3, -0.25) is 4.79 Å². The number of hydrogen-bond acceptors (Lipinski definition) is 4. The first-order chi connectivity index (χ1) is 22.9. The molecule has 238 valence electrons. The van der Waals surface area contributed by atoms with Crippen LogP contribution in [0.15, 0.2) is 97.1 Å². The minimum atomic E-state index is -0.910. The van der Waals surface area contributed by atoms with Crippen molar-refractivity contribution >= 4 is 28.4 Å². The molecule has 47 heavy (non-hydrogen) atoms. The second kappa shape index (κ2) is 12.0. The number of carbonyl (C=O) groups is 1. The topological polar surface area (TPSA) is 56.8 Å². The van der Waals surface area contributed by atoms with Crippen molar-refractivity contribution in [2.75, 3.05) is 19.5 Å². The summed E-state index contributed by atoms with van der Waals surface area (Å²) in [6.07, 6.45) is 8.70. The average Bonchev–Trinajstić information content (AvgIpc) is 3.38. The molecule has 1 N–H and O–H groups in total. The van der Waals surface area contributed by atoms with Gasteiger partial charge in [-0.05, 0) is 89.0 Å². The molecule has 0 unspecified atom stereocenters. The summed E-state index contributed by atoms with van der Waals surface area (Å²) in [5, 5.41) is 5.13. The number of methoxy groups -OCH3 is 2. The van der Waals surface area contributed by atoms with Crippen molar-refractivity contribution in [3.63, 3.8) is 0 Å². The van der Waals surface area contributed by atoms with Crippen molar-refractivity contribution in [3.8, 4) is 28.4 Å². The molecule has 0 saturated carbocycles. The predicted octanol–water partition coefficient (Wildman–Crippen LogP) is 10.0. The first kappa shape index (κ1) is 30.6. The van der Waals surface area contributed by atoms with Crippen LogP contribution in [0.2, 0.25) is 0 Å². The van der Waals surface area contributed by atoms with E-state index >= 15 is 0 Å². The summed E-state index contributed by atoms with van der Waals surface area (Å²) in [4.78, 5) is 12.2. The lowest BCUT2D eigenvalue weighted by Gasteiger charge is -2.40. The standard InChI is InChI=1S/C42H41NO4/c1-6-23-41(24-7-2)37-11-9-8-10-34(37)38-36-26-30(43-27(3)44)16-21-33(36)40-35(39(38)41)22-25-42(47-40,28-12-17-31(45-4)18-13-28)29-14-19-32(46-5)20-15-29/h8-22,25-26H,6-7,23-24H2,1-5H3,(H,43,44). The van der Waals surface area contributed by atoms with Crippen molar-refractivity contribution in [1.82, 2.24) is 0 Å². The van der Waals surface area contributed by atoms with Gasteiger partial charge in [-0.2, -0.15) is 0 Å². The number of anilines is 1. The highest BCUT2D eigenvalue weighted by atomic mass is 16.5. The molecule has 5 aromatic carbocycles. The molecule has 0 atom stereocenters. The SMILES string of the molecule is CCCC1(CCC)c2ccccc2-c2c1c1c(c3ccc(NC(C)=O)cc23)OC(c2ccc(OC)cc2)(c2ccc(OC)cc2)C=C1. The summed E-state index contributed by atoms with van der Waals surface area (Å²) in [5.74, 6) is 2.33. The largest absolute Gasteiger partial charge is 0.497 e. The second-order valence-corrected chi connectivity index (χ2v) is 12.7. The highest BCUT2D eigenvalue weighted by molar-refractivity contribution is 6.10. The van der Waals surface area contributed by atoms with Crippen LogP contribution in [0.4, 0.5) is 5.69 Å². The van der Waals surface area contributed by atoms with E-state index in [1.165, 1.54) is 22.3 Å². The first-order valence-electron chi connectivity index (χ1n) is 16.6. The molecule has 0 radical (unpaired) electrons. The van der Waals surface area contributed by atoms with Gasteiger partial charge in [0.1, 0.15) is 17.2 Å². The van der Waals surface area contributed by atoms with Crippen LogP contribution in [0.3, 0.4) is 0 Å². The Hall–Kier alpha value is -5.03. The molecule has 1 amide bonds. The molecule has 0 fully saturated rings. The third kappa shape index (κ3) is 4.79. The third-order valence-electron chi connectivity index (χ3n) is 9.95. The maximum absolute atomic E-state index is 12.2. The lowest BCUT2D eigenvalue weighted by molar-refractivity contribution is -0.114. The monoisotopic (exact) mass is 623 g/mol. The van der Waals surface area contributed by atoms with E-state index < -0.39 is 5.60 Å². The van der Waals surface area contributed by atoms with Gasteiger partial charge in [-0.1, -0.05) is 81.3 Å². The smallest absolute Gasteiger partial charge is 0.221 e. The van der Waals surface area contributed by atoms with Gasteiger partial charge in [0.2, 0.25) is 5.91 Å². The summed E-state index contributed by atoms with van der Waals surface area (Å²) in [7, 11) is 3.36. The van der Waals surface area contributed by atoms with E-state index in [9.17, 15) is 4.79 Å². The van der Waals surface area contributed by atoms with Gasteiger partial charge in [0.25, 0.3) is 0 Å². The van der Waals surface area contributed by atoms with Crippen molar-refractivity contribution in [3.05, 3.63) is 125 Å². The number of hydrogen-bond donors (Lipinski definition) is 1. The summed E-state index contributed by atoms with van der Waals surface area (Å²) in [6, 6.07) is 31.4. The number of rotatable bonds is 9. The quantitative estimate of drug-likeness (QED) is 0.178. The molecule has 1 aliphatic heterocycles. The van der Waals surface area contributed by atoms with E-state index in [0.29, 0.717) is 0 Å². The molecule has 5 heteroatoms. The van der Waals surface area contributed by atoms with Gasteiger partial charge in [0.15, 0.2) is 5.60 Å². The summed E-state index contributed by atoms with van der Waals surface area (Å²) < 4.78 is 18.5. The van der Waals surface area contributed by atoms with E-state index in [1.807, 2.05) is 30.3 Å². The van der Waals surface area contributed by atoms with Crippen LogP contribution in [-0.4, -0.2) is 20.1 Å². The molecule has 0 aromatic heterocycles. The average molecular weight is 624 g/mol. The van der Waals surface area contributed by atoms with E-state index in [-0.39, 0.29) is 11.3 Å². The van der Waals surface area contributed by atoms with Crippen molar-refractivity contribution in [1.29, 1.82) is 0 Å². The Morgan fingerprint density at radius 1 is 0.787 bits per heavy atom. The minimum absolute atomic E-state index is 0.0946. The lowest BCUT2D eigenvalue weighted by Crippen LogP contribution is -2.35. The van der Waals surface area contributed by atoms with Crippen molar-refractivity contribution in [2.24, 2.45) is 0 Å². The van der Waals surface area contributed by atoms with Crippen LogP contribution in [0.25, 0.3) is 28.0 Å². The second-order valence-electron chi connectivity index (χ2n) is 12.7. The molecule has 0 saturated heterocycles. The zero-order valence-corrected chi connectivity index (χ0v) is 27.8. The Balaban J connectivity index is 1.57. The number of ether oxygens (including phenoxy) is 3. The fourth-order valence-corrected chi connectivity index (χ4v) is 8.10. The highest BCUT2D eigenvalue weighted by Gasteiger charge is 2.47. The normalized spacial score (nSPS) is 14.9. The summed E-state index contributed by atoms with van der Waals surface area (Å²) in [5.41, 5.74) is 8.06. The fourth-order valence-electron chi connectivity index (χ4n) is 8.10. The summed E-state index contributed by atoms with van der Waals surface area (Å²) in [6.45, 7) is 6.12. The number of nitrogens with one attached hydrogen (secondary N) is 1. The Bertz CT molecular complexity index is 1950. The van der Waals surface area contributed by atoms with E-state index in [0.717, 1.165) is 76.1 Å². The van der Waals surface area contributed by atoms with Crippen LogP contribution >= 0.6 is 0 Å². The first-order valence-corrected chi connectivity index (χ1v) is 16.6. The Kier molecular flexibility index (Phi) is 7.79. The Morgan fingerprint density at radius 3 is 1.98 bits per heavy atom. The zero-order valence-electron chi connectivity index (χ0n) is 27.8. The molecule has 5 nitrogen and oxygen atoms in total.